The first kappa shape index (κ1) is 13.9. The molecule has 1 aliphatic carbocycles. The summed E-state index contributed by atoms with van der Waals surface area (Å²) in [6.07, 6.45) is 4.38. The average Bonchev–Trinajstić information content (AvgIpc) is 2.67. The number of nitrogens with zero attached hydrogens (tertiary/aromatic N) is 1. The Hall–Kier alpha value is -1.03. The fraction of sp³-hybridized carbons (Fsp3) is 0.562. The minimum atomic E-state index is -0.257. The van der Waals surface area contributed by atoms with Crippen LogP contribution in [0.15, 0.2) is 24.3 Å². The van der Waals surface area contributed by atoms with Crippen LogP contribution in [-0.4, -0.2) is 16.0 Å². The number of hydrogen-bond acceptors (Lipinski definition) is 2. The Morgan fingerprint density at radius 2 is 1.80 bits per heavy atom. The molecule has 1 saturated carbocycles. The van der Waals surface area contributed by atoms with Gasteiger partial charge in [0.15, 0.2) is 0 Å². The lowest BCUT2D eigenvalue weighted by atomic mass is 9.85. The summed E-state index contributed by atoms with van der Waals surface area (Å²) in [6, 6.07) is 6.34. The summed E-state index contributed by atoms with van der Waals surface area (Å²) in [5.74, 6) is 0.644. The molecule has 0 unspecified atom stereocenters. The Labute approximate surface area is 123 Å². The molecule has 20 heavy (non-hydrogen) atoms. The van der Waals surface area contributed by atoms with Gasteiger partial charge in [0.1, 0.15) is 5.82 Å². The van der Waals surface area contributed by atoms with Crippen molar-refractivity contribution in [1.29, 1.82) is 0 Å². The van der Waals surface area contributed by atoms with Crippen LogP contribution in [0.25, 0.3) is 0 Å². The van der Waals surface area contributed by atoms with Gasteiger partial charge in [0.2, 0.25) is 5.91 Å². The number of carbonyl (C=O) groups excluding carboxylic acids is 1. The molecule has 0 bridgehead atoms. The smallest absolute Gasteiger partial charge is 0.241 e. The third-order valence-corrected chi connectivity index (χ3v) is 6.10. The molecule has 2 nitrogen and oxygen atoms in total. The fourth-order valence-electron chi connectivity index (χ4n) is 3.32. The lowest BCUT2D eigenvalue weighted by Gasteiger charge is -2.42. The molecule has 1 aliphatic heterocycles. The highest BCUT2D eigenvalue weighted by atomic mass is 32.2. The van der Waals surface area contributed by atoms with Gasteiger partial charge < -0.3 is 0 Å². The Morgan fingerprint density at radius 1 is 1.20 bits per heavy atom. The van der Waals surface area contributed by atoms with Crippen molar-refractivity contribution in [3.8, 4) is 0 Å². The van der Waals surface area contributed by atoms with Gasteiger partial charge in [-0.15, -0.1) is 11.8 Å². The van der Waals surface area contributed by atoms with Gasteiger partial charge in [-0.3, -0.25) is 9.69 Å². The number of benzene rings is 1. The monoisotopic (exact) mass is 293 g/mol. The van der Waals surface area contributed by atoms with Gasteiger partial charge in [-0.2, -0.15) is 0 Å². The Balaban J connectivity index is 1.96. The molecule has 1 aromatic carbocycles. The topological polar surface area (TPSA) is 20.3 Å². The second-order valence-corrected chi connectivity index (χ2v) is 7.74. The molecular formula is C16H20FNOS. The number of carbonyl (C=O) groups is 1. The van der Waals surface area contributed by atoms with Crippen LogP contribution in [0.3, 0.4) is 0 Å². The first-order valence-corrected chi connectivity index (χ1v) is 8.17. The zero-order chi connectivity index (χ0) is 14.3. The summed E-state index contributed by atoms with van der Waals surface area (Å²) in [6.45, 7) is 4.26. The Kier molecular flexibility index (Phi) is 3.53. The summed E-state index contributed by atoms with van der Waals surface area (Å²) >= 11 is 1.79. The SMILES string of the molecule is CC1CCC2(CC1)S[C@H](C)C(=O)N2c1ccc(F)cc1. The highest BCUT2D eigenvalue weighted by Crippen LogP contribution is 2.52. The van der Waals surface area contributed by atoms with Crippen LogP contribution in [0.1, 0.15) is 39.5 Å². The maximum Gasteiger partial charge on any atom is 0.241 e. The predicted molar refractivity (Wildman–Crippen MR) is 81.3 cm³/mol. The number of halogens is 1. The minimum absolute atomic E-state index is 0.00606. The number of amides is 1. The second-order valence-electron chi connectivity index (χ2n) is 6.04. The predicted octanol–water partition coefficient (Wildman–Crippen LogP) is 4.20. The van der Waals surface area contributed by atoms with Gasteiger partial charge in [0.05, 0.1) is 10.1 Å². The van der Waals surface area contributed by atoms with E-state index >= 15 is 0 Å². The van der Waals surface area contributed by atoms with E-state index in [0.29, 0.717) is 0 Å². The molecule has 1 atom stereocenters. The first-order chi connectivity index (χ1) is 9.52. The Morgan fingerprint density at radius 3 is 2.40 bits per heavy atom. The van der Waals surface area contributed by atoms with Crippen molar-refractivity contribution in [3.63, 3.8) is 0 Å². The molecule has 2 fully saturated rings. The highest BCUT2D eigenvalue weighted by Gasteiger charge is 2.51. The second kappa shape index (κ2) is 5.06. The molecule has 4 heteroatoms. The molecule has 0 aromatic heterocycles. The lowest BCUT2D eigenvalue weighted by molar-refractivity contribution is -0.118. The molecule has 3 rings (SSSR count). The van der Waals surface area contributed by atoms with Gasteiger partial charge in [-0.05, 0) is 62.8 Å². The molecule has 1 heterocycles. The van der Waals surface area contributed by atoms with Crippen LogP contribution >= 0.6 is 11.8 Å². The van der Waals surface area contributed by atoms with E-state index in [9.17, 15) is 9.18 Å². The lowest BCUT2D eigenvalue weighted by Crippen LogP contribution is -2.47. The summed E-state index contributed by atoms with van der Waals surface area (Å²) < 4.78 is 13.1. The molecule has 2 aliphatic rings. The quantitative estimate of drug-likeness (QED) is 0.773. The summed E-state index contributed by atoms with van der Waals surface area (Å²) in [5, 5.41) is -0.00606. The van der Waals surface area contributed by atoms with E-state index in [0.717, 1.165) is 37.3 Å². The van der Waals surface area contributed by atoms with E-state index in [1.54, 1.807) is 23.9 Å². The minimum Gasteiger partial charge on any atom is -0.296 e. The molecule has 0 radical (unpaired) electrons. The number of anilines is 1. The van der Waals surface area contributed by atoms with Gasteiger partial charge >= 0.3 is 0 Å². The summed E-state index contributed by atoms with van der Waals surface area (Å²) in [5.41, 5.74) is 0.836. The molecule has 1 aromatic rings. The summed E-state index contributed by atoms with van der Waals surface area (Å²) in [7, 11) is 0. The normalized spacial score (nSPS) is 34.0. The molecular weight excluding hydrogens is 273 g/mol. The van der Waals surface area contributed by atoms with Crippen molar-refractivity contribution in [3.05, 3.63) is 30.1 Å². The molecule has 0 N–H and O–H groups in total. The number of rotatable bonds is 1. The van der Waals surface area contributed by atoms with E-state index in [-0.39, 0.29) is 21.8 Å². The van der Waals surface area contributed by atoms with Crippen LogP contribution in [0, 0.1) is 11.7 Å². The molecule has 1 saturated heterocycles. The zero-order valence-corrected chi connectivity index (χ0v) is 12.8. The van der Waals surface area contributed by atoms with Crippen molar-refractivity contribution in [2.24, 2.45) is 5.92 Å². The fourth-order valence-corrected chi connectivity index (χ4v) is 4.96. The van der Waals surface area contributed by atoms with Crippen molar-refractivity contribution in [1.82, 2.24) is 0 Å². The van der Waals surface area contributed by atoms with Gasteiger partial charge in [-0.25, -0.2) is 4.39 Å². The van der Waals surface area contributed by atoms with Crippen molar-refractivity contribution < 1.29 is 9.18 Å². The van der Waals surface area contributed by atoms with Crippen molar-refractivity contribution in [2.45, 2.75) is 49.7 Å². The number of hydrogen-bond donors (Lipinski definition) is 0. The molecule has 108 valence electrons. The maximum atomic E-state index is 13.1. The Bertz CT molecular complexity index is 508. The van der Waals surface area contributed by atoms with E-state index < -0.39 is 0 Å². The highest BCUT2D eigenvalue weighted by molar-refractivity contribution is 8.02. The van der Waals surface area contributed by atoms with Crippen LogP contribution in [-0.2, 0) is 4.79 Å². The zero-order valence-electron chi connectivity index (χ0n) is 11.9. The van der Waals surface area contributed by atoms with Crippen LogP contribution in [0.4, 0.5) is 10.1 Å². The maximum absolute atomic E-state index is 13.1. The van der Waals surface area contributed by atoms with E-state index in [1.807, 2.05) is 11.8 Å². The first-order valence-electron chi connectivity index (χ1n) is 7.29. The van der Waals surface area contributed by atoms with E-state index in [4.69, 9.17) is 0 Å². The molecule has 1 spiro atoms. The summed E-state index contributed by atoms with van der Waals surface area (Å²) in [4.78, 5) is 14.4. The van der Waals surface area contributed by atoms with Gasteiger partial charge in [0, 0.05) is 5.69 Å². The largest absolute Gasteiger partial charge is 0.296 e. The van der Waals surface area contributed by atoms with E-state index in [1.165, 1.54) is 12.1 Å². The van der Waals surface area contributed by atoms with Gasteiger partial charge in [0.25, 0.3) is 0 Å². The van der Waals surface area contributed by atoms with Crippen LogP contribution in [0.2, 0.25) is 0 Å². The van der Waals surface area contributed by atoms with E-state index in [2.05, 4.69) is 6.92 Å². The third-order valence-electron chi connectivity index (χ3n) is 4.51. The van der Waals surface area contributed by atoms with Crippen LogP contribution in [0.5, 0.6) is 0 Å². The molecule has 1 amide bonds. The van der Waals surface area contributed by atoms with Crippen molar-refractivity contribution >= 4 is 23.4 Å². The van der Waals surface area contributed by atoms with Crippen molar-refractivity contribution in [2.75, 3.05) is 4.90 Å². The third kappa shape index (κ3) is 2.24. The standard InChI is InChI=1S/C16H20FNOS/c1-11-7-9-16(10-8-11)18(15(19)12(2)20-16)14-5-3-13(17)4-6-14/h3-6,11-12H,7-10H2,1-2H3/t11?,12-,16?/m1/s1. The van der Waals surface area contributed by atoms with Crippen LogP contribution < -0.4 is 4.90 Å². The average molecular weight is 293 g/mol. The number of thioether (sulfide) groups is 1. The van der Waals surface area contributed by atoms with Gasteiger partial charge in [-0.1, -0.05) is 6.92 Å².